The van der Waals surface area contributed by atoms with Crippen molar-refractivity contribution in [3.05, 3.63) is 35.4 Å². The maximum atomic E-state index is 12.5. The Bertz CT molecular complexity index is 519. The number of nitrogens with one attached hydrogen (secondary N) is 1. The SMILES string of the molecule is Cc1cccc(C(=O)N[C@@H](C(=O)N2CCCC2)C(C)C)c1. The lowest BCUT2D eigenvalue weighted by atomic mass is 10.0. The molecule has 21 heavy (non-hydrogen) atoms. The molecule has 1 aromatic carbocycles. The zero-order valence-electron chi connectivity index (χ0n) is 13.1. The van der Waals surface area contributed by atoms with Crippen LogP contribution in [0.5, 0.6) is 0 Å². The highest BCUT2D eigenvalue weighted by Crippen LogP contribution is 2.14. The van der Waals surface area contributed by atoms with Gasteiger partial charge >= 0.3 is 0 Å². The van der Waals surface area contributed by atoms with Gasteiger partial charge < -0.3 is 10.2 Å². The summed E-state index contributed by atoms with van der Waals surface area (Å²) in [6.45, 7) is 7.50. The van der Waals surface area contributed by atoms with Gasteiger partial charge in [0.05, 0.1) is 0 Å². The lowest BCUT2D eigenvalue weighted by Crippen LogP contribution is -2.50. The van der Waals surface area contributed by atoms with Gasteiger partial charge in [-0.15, -0.1) is 0 Å². The van der Waals surface area contributed by atoms with Gasteiger partial charge in [-0.3, -0.25) is 9.59 Å². The summed E-state index contributed by atoms with van der Waals surface area (Å²) >= 11 is 0. The van der Waals surface area contributed by atoms with Crippen LogP contribution in [-0.4, -0.2) is 35.8 Å². The molecule has 0 radical (unpaired) electrons. The first kappa shape index (κ1) is 15.5. The minimum Gasteiger partial charge on any atom is -0.341 e. The van der Waals surface area contributed by atoms with Crippen LogP contribution in [0.25, 0.3) is 0 Å². The lowest BCUT2D eigenvalue weighted by Gasteiger charge is -2.26. The van der Waals surface area contributed by atoms with Crippen molar-refractivity contribution in [2.75, 3.05) is 13.1 Å². The average Bonchev–Trinajstić information content (AvgIpc) is 2.97. The normalized spacial score (nSPS) is 16.1. The van der Waals surface area contributed by atoms with E-state index in [1.807, 2.05) is 43.9 Å². The molecular weight excluding hydrogens is 264 g/mol. The summed E-state index contributed by atoms with van der Waals surface area (Å²) in [5, 5.41) is 2.91. The van der Waals surface area contributed by atoms with Crippen molar-refractivity contribution >= 4 is 11.8 Å². The highest BCUT2D eigenvalue weighted by atomic mass is 16.2. The maximum Gasteiger partial charge on any atom is 0.251 e. The van der Waals surface area contributed by atoms with Crippen LogP contribution in [0.3, 0.4) is 0 Å². The largest absolute Gasteiger partial charge is 0.341 e. The molecule has 1 aliphatic rings. The first-order valence-corrected chi connectivity index (χ1v) is 7.65. The Morgan fingerprint density at radius 1 is 1.19 bits per heavy atom. The minimum atomic E-state index is -0.448. The Morgan fingerprint density at radius 2 is 1.86 bits per heavy atom. The fraction of sp³-hybridized carbons (Fsp3) is 0.529. The third kappa shape index (κ3) is 3.84. The van der Waals surface area contributed by atoms with Crippen molar-refractivity contribution in [3.63, 3.8) is 0 Å². The van der Waals surface area contributed by atoms with Crippen molar-refractivity contribution in [2.24, 2.45) is 5.92 Å². The Labute approximate surface area is 126 Å². The molecule has 2 rings (SSSR count). The number of aryl methyl sites for hydroxylation is 1. The molecule has 1 aliphatic heterocycles. The van der Waals surface area contributed by atoms with Crippen LogP contribution in [0.15, 0.2) is 24.3 Å². The highest BCUT2D eigenvalue weighted by Gasteiger charge is 2.30. The fourth-order valence-corrected chi connectivity index (χ4v) is 2.66. The zero-order valence-corrected chi connectivity index (χ0v) is 13.1. The molecule has 2 amide bonds. The molecule has 1 fully saturated rings. The molecule has 1 atom stereocenters. The second kappa shape index (κ2) is 6.74. The number of likely N-dealkylation sites (tertiary alicyclic amines) is 1. The lowest BCUT2D eigenvalue weighted by molar-refractivity contribution is -0.133. The van der Waals surface area contributed by atoms with Crippen LogP contribution in [0, 0.1) is 12.8 Å². The number of rotatable bonds is 4. The van der Waals surface area contributed by atoms with Crippen molar-refractivity contribution in [2.45, 2.75) is 39.7 Å². The second-order valence-corrected chi connectivity index (χ2v) is 6.10. The van der Waals surface area contributed by atoms with Gasteiger partial charge in [-0.2, -0.15) is 0 Å². The quantitative estimate of drug-likeness (QED) is 0.924. The first-order chi connectivity index (χ1) is 9.99. The predicted octanol–water partition coefficient (Wildman–Crippen LogP) is 2.37. The van der Waals surface area contributed by atoms with Gasteiger partial charge in [0.2, 0.25) is 5.91 Å². The monoisotopic (exact) mass is 288 g/mol. The van der Waals surface area contributed by atoms with E-state index in [1.165, 1.54) is 0 Å². The van der Waals surface area contributed by atoms with Crippen molar-refractivity contribution in [1.29, 1.82) is 0 Å². The van der Waals surface area contributed by atoms with Crippen molar-refractivity contribution in [1.82, 2.24) is 10.2 Å². The van der Waals surface area contributed by atoms with E-state index in [9.17, 15) is 9.59 Å². The molecule has 1 N–H and O–H groups in total. The number of carbonyl (C=O) groups is 2. The highest BCUT2D eigenvalue weighted by molar-refractivity contribution is 5.97. The van der Waals surface area contributed by atoms with Crippen molar-refractivity contribution in [3.8, 4) is 0 Å². The minimum absolute atomic E-state index is 0.0449. The smallest absolute Gasteiger partial charge is 0.251 e. The standard InChI is InChI=1S/C17H24N2O2/c1-12(2)15(17(21)19-9-4-5-10-19)18-16(20)14-8-6-7-13(3)11-14/h6-8,11-12,15H,4-5,9-10H2,1-3H3,(H,18,20)/t15-/m1/s1. The average molecular weight is 288 g/mol. The molecule has 0 spiro atoms. The molecule has 0 bridgehead atoms. The van der Waals surface area contributed by atoms with E-state index in [-0.39, 0.29) is 17.7 Å². The molecule has 1 aromatic rings. The fourth-order valence-electron chi connectivity index (χ4n) is 2.66. The van der Waals surface area contributed by atoms with E-state index in [0.717, 1.165) is 31.5 Å². The summed E-state index contributed by atoms with van der Waals surface area (Å²) in [4.78, 5) is 26.7. The first-order valence-electron chi connectivity index (χ1n) is 7.65. The van der Waals surface area contributed by atoms with Crippen LogP contribution >= 0.6 is 0 Å². The summed E-state index contributed by atoms with van der Waals surface area (Å²) < 4.78 is 0. The molecule has 1 heterocycles. The molecule has 0 aliphatic carbocycles. The topological polar surface area (TPSA) is 49.4 Å². The number of hydrogen-bond acceptors (Lipinski definition) is 2. The van der Waals surface area contributed by atoms with Crippen LogP contribution in [-0.2, 0) is 4.79 Å². The van der Waals surface area contributed by atoms with Crippen LogP contribution < -0.4 is 5.32 Å². The van der Waals surface area contributed by atoms with Gasteiger partial charge in [0.15, 0.2) is 0 Å². The Morgan fingerprint density at radius 3 is 2.43 bits per heavy atom. The van der Waals surface area contributed by atoms with E-state index < -0.39 is 6.04 Å². The summed E-state index contributed by atoms with van der Waals surface area (Å²) in [5.74, 6) is -0.0553. The molecular formula is C17H24N2O2. The number of hydrogen-bond donors (Lipinski definition) is 1. The van der Waals surface area contributed by atoms with Crippen LogP contribution in [0.4, 0.5) is 0 Å². The maximum absolute atomic E-state index is 12.5. The number of nitrogens with zero attached hydrogens (tertiary/aromatic N) is 1. The molecule has 1 saturated heterocycles. The van der Waals surface area contributed by atoms with Crippen LogP contribution in [0.2, 0.25) is 0 Å². The Kier molecular flexibility index (Phi) is 4.99. The molecule has 0 saturated carbocycles. The molecule has 4 nitrogen and oxygen atoms in total. The van der Waals surface area contributed by atoms with Crippen LogP contribution in [0.1, 0.15) is 42.6 Å². The van der Waals surface area contributed by atoms with Gasteiger partial charge in [0.25, 0.3) is 5.91 Å². The van der Waals surface area contributed by atoms with Gasteiger partial charge in [-0.05, 0) is 37.8 Å². The van der Waals surface area contributed by atoms with E-state index in [1.54, 1.807) is 6.07 Å². The van der Waals surface area contributed by atoms with Gasteiger partial charge in [-0.25, -0.2) is 0 Å². The second-order valence-electron chi connectivity index (χ2n) is 6.10. The summed E-state index contributed by atoms with van der Waals surface area (Å²) in [6.07, 6.45) is 2.12. The van der Waals surface area contributed by atoms with E-state index in [0.29, 0.717) is 5.56 Å². The van der Waals surface area contributed by atoms with Gasteiger partial charge in [0, 0.05) is 18.7 Å². The third-order valence-corrected chi connectivity index (χ3v) is 3.92. The van der Waals surface area contributed by atoms with E-state index in [2.05, 4.69) is 5.32 Å². The summed E-state index contributed by atoms with van der Waals surface area (Å²) in [6, 6.07) is 6.98. The van der Waals surface area contributed by atoms with Crippen molar-refractivity contribution < 1.29 is 9.59 Å². The molecule has 114 valence electrons. The molecule has 0 aromatic heterocycles. The van der Waals surface area contributed by atoms with E-state index >= 15 is 0 Å². The molecule has 0 unspecified atom stereocenters. The number of amides is 2. The van der Waals surface area contributed by atoms with E-state index in [4.69, 9.17) is 0 Å². The third-order valence-electron chi connectivity index (χ3n) is 3.92. The summed E-state index contributed by atoms with van der Waals surface area (Å²) in [7, 11) is 0. The Hall–Kier alpha value is -1.84. The summed E-state index contributed by atoms with van der Waals surface area (Å²) in [5.41, 5.74) is 1.64. The Balaban J connectivity index is 2.09. The van der Waals surface area contributed by atoms with Gasteiger partial charge in [0.1, 0.15) is 6.04 Å². The molecule has 4 heteroatoms. The number of carbonyl (C=O) groups excluding carboxylic acids is 2. The predicted molar refractivity (Wildman–Crippen MR) is 83.1 cm³/mol. The zero-order chi connectivity index (χ0) is 15.4. The number of benzene rings is 1. The van der Waals surface area contributed by atoms with Gasteiger partial charge in [-0.1, -0.05) is 31.5 Å².